The molecule has 4 heteroatoms. The Kier molecular flexibility index (Phi) is 3.36. The van der Waals surface area contributed by atoms with E-state index in [2.05, 4.69) is 0 Å². The molecule has 0 bridgehead atoms. The summed E-state index contributed by atoms with van der Waals surface area (Å²) in [5.41, 5.74) is 2.25. The molecule has 0 spiro atoms. The number of benzene rings is 2. The Morgan fingerprint density at radius 1 is 1.19 bits per heavy atom. The van der Waals surface area contributed by atoms with Gasteiger partial charge < -0.3 is 14.4 Å². The van der Waals surface area contributed by atoms with Gasteiger partial charge in [0.15, 0.2) is 0 Å². The van der Waals surface area contributed by atoms with E-state index >= 15 is 0 Å². The van der Waals surface area contributed by atoms with Crippen molar-refractivity contribution >= 4 is 16.9 Å². The molecule has 1 N–H and O–H groups in total. The van der Waals surface area contributed by atoms with Crippen LogP contribution in [0.2, 0.25) is 0 Å². The fourth-order valence-electron chi connectivity index (χ4n) is 2.36. The highest BCUT2D eigenvalue weighted by molar-refractivity contribution is 6.03. The third-order valence-corrected chi connectivity index (χ3v) is 3.44. The summed E-state index contributed by atoms with van der Waals surface area (Å²) in [6, 6.07) is 15.4. The van der Waals surface area contributed by atoms with Gasteiger partial charge in [0, 0.05) is 24.7 Å². The molecule has 0 atom stereocenters. The number of carboxylic acid groups (broad SMARTS) is 1. The standard InChI is InChI=1S/C17H15NO3/c1-18-10-15(17(19)20)14-8-7-13(9-16(14)18)21-11-12-5-3-2-4-6-12/h2-10H,11H2,1H3,(H,19,20). The maximum Gasteiger partial charge on any atom is 0.337 e. The summed E-state index contributed by atoms with van der Waals surface area (Å²) in [7, 11) is 1.83. The topological polar surface area (TPSA) is 51.5 Å². The largest absolute Gasteiger partial charge is 0.489 e. The molecule has 0 aliphatic rings. The summed E-state index contributed by atoms with van der Waals surface area (Å²) >= 11 is 0. The average molecular weight is 281 g/mol. The first kappa shape index (κ1) is 13.2. The van der Waals surface area contributed by atoms with Gasteiger partial charge in [-0.15, -0.1) is 0 Å². The van der Waals surface area contributed by atoms with Gasteiger partial charge in [-0.25, -0.2) is 4.79 Å². The van der Waals surface area contributed by atoms with E-state index in [1.54, 1.807) is 22.9 Å². The number of carboxylic acids is 1. The molecule has 3 aromatic rings. The number of hydrogen-bond acceptors (Lipinski definition) is 2. The zero-order valence-corrected chi connectivity index (χ0v) is 11.6. The van der Waals surface area contributed by atoms with E-state index in [1.807, 2.05) is 43.4 Å². The predicted octanol–water partition coefficient (Wildman–Crippen LogP) is 3.46. The lowest BCUT2D eigenvalue weighted by atomic mass is 10.1. The van der Waals surface area contributed by atoms with Crippen LogP contribution in [0.15, 0.2) is 54.7 Å². The Morgan fingerprint density at radius 3 is 2.67 bits per heavy atom. The number of aryl methyl sites for hydroxylation is 1. The quantitative estimate of drug-likeness (QED) is 0.796. The van der Waals surface area contributed by atoms with Crippen LogP contribution in [-0.2, 0) is 13.7 Å². The highest BCUT2D eigenvalue weighted by atomic mass is 16.5. The van der Waals surface area contributed by atoms with Gasteiger partial charge in [-0.3, -0.25) is 0 Å². The van der Waals surface area contributed by atoms with Gasteiger partial charge in [0.1, 0.15) is 12.4 Å². The molecule has 21 heavy (non-hydrogen) atoms. The molecule has 0 amide bonds. The van der Waals surface area contributed by atoms with E-state index in [9.17, 15) is 9.90 Å². The molecule has 0 saturated heterocycles. The predicted molar refractivity (Wildman–Crippen MR) is 80.7 cm³/mol. The molecule has 1 heterocycles. The molecule has 0 aliphatic carbocycles. The van der Waals surface area contributed by atoms with Gasteiger partial charge in [0.05, 0.1) is 11.1 Å². The number of nitrogens with zero attached hydrogens (tertiary/aromatic N) is 1. The first-order valence-corrected chi connectivity index (χ1v) is 6.64. The first-order chi connectivity index (χ1) is 10.1. The normalized spacial score (nSPS) is 10.7. The molecule has 0 fully saturated rings. The number of fused-ring (bicyclic) bond motifs is 1. The van der Waals surface area contributed by atoms with Crippen LogP contribution >= 0.6 is 0 Å². The van der Waals surface area contributed by atoms with Crippen LogP contribution in [0.5, 0.6) is 5.75 Å². The van der Waals surface area contributed by atoms with Crippen LogP contribution in [0.1, 0.15) is 15.9 Å². The molecular formula is C17H15NO3. The Labute approximate surface area is 122 Å². The van der Waals surface area contributed by atoms with Crippen molar-refractivity contribution in [2.45, 2.75) is 6.61 Å². The van der Waals surface area contributed by atoms with Gasteiger partial charge in [0.25, 0.3) is 0 Å². The van der Waals surface area contributed by atoms with Gasteiger partial charge in [-0.1, -0.05) is 30.3 Å². The summed E-state index contributed by atoms with van der Waals surface area (Å²) in [6.45, 7) is 0.489. The van der Waals surface area contributed by atoms with Gasteiger partial charge in [0.2, 0.25) is 0 Å². The fourth-order valence-corrected chi connectivity index (χ4v) is 2.36. The maximum absolute atomic E-state index is 11.2. The van der Waals surface area contributed by atoms with Crippen LogP contribution in [-0.4, -0.2) is 15.6 Å². The molecule has 0 unspecified atom stereocenters. The van der Waals surface area contributed by atoms with Crippen LogP contribution < -0.4 is 4.74 Å². The molecule has 0 aliphatic heterocycles. The number of hydrogen-bond donors (Lipinski definition) is 1. The van der Waals surface area contributed by atoms with E-state index in [0.29, 0.717) is 12.2 Å². The summed E-state index contributed by atoms with van der Waals surface area (Å²) in [5, 5.41) is 9.89. The monoisotopic (exact) mass is 281 g/mol. The fraction of sp³-hybridized carbons (Fsp3) is 0.118. The van der Waals surface area contributed by atoms with Crippen molar-refractivity contribution in [2.75, 3.05) is 0 Å². The zero-order valence-electron chi connectivity index (χ0n) is 11.6. The summed E-state index contributed by atoms with van der Waals surface area (Å²) in [5.74, 6) is -0.192. The molecule has 0 saturated carbocycles. The second-order valence-electron chi connectivity index (χ2n) is 4.91. The minimum absolute atomic E-state index is 0.308. The SMILES string of the molecule is Cn1cc(C(=O)O)c2ccc(OCc3ccccc3)cc21. The van der Waals surface area contributed by atoms with Crippen molar-refractivity contribution in [1.29, 1.82) is 0 Å². The average Bonchev–Trinajstić information content (AvgIpc) is 2.83. The minimum Gasteiger partial charge on any atom is -0.489 e. The minimum atomic E-state index is -0.918. The number of rotatable bonds is 4. The van der Waals surface area contributed by atoms with Crippen molar-refractivity contribution in [3.05, 3.63) is 65.9 Å². The number of ether oxygens (including phenoxy) is 1. The smallest absolute Gasteiger partial charge is 0.337 e. The number of carbonyl (C=O) groups is 1. The first-order valence-electron chi connectivity index (χ1n) is 6.64. The van der Waals surface area contributed by atoms with E-state index < -0.39 is 5.97 Å². The summed E-state index contributed by atoms with van der Waals surface area (Å²) < 4.78 is 7.56. The van der Waals surface area contributed by atoms with E-state index in [0.717, 1.165) is 22.2 Å². The van der Waals surface area contributed by atoms with Gasteiger partial charge >= 0.3 is 5.97 Å². The maximum atomic E-state index is 11.2. The second kappa shape index (κ2) is 5.32. The molecule has 2 aromatic carbocycles. The molecule has 4 nitrogen and oxygen atoms in total. The van der Waals surface area contributed by atoms with Crippen LogP contribution in [0.4, 0.5) is 0 Å². The van der Waals surface area contributed by atoms with Crippen molar-refractivity contribution < 1.29 is 14.6 Å². The Balaban J connectivity index is 1.88. The zero-order chi connectivity index (χ0) is 14.8. The number of aromatic nitrogens is 1. The molecule has 106 valence electrons. The van der Waals surface area contributed by atoms with Gasteiger partial charge in [-0.2, -0.15) is 0 Å². The van der Waals surface area contributed by atoms with E-state index in [4.69, 9.17) is 4.74 Å². The number of aromatic carboxylic acids is 1. The summed E-state index contributed by atoms with van der Waals surface area (Å²) in [6.07, 6.45) is 1.62. The van der Waals surface area contributed by atoms with Crippen LogP contribution in [0, 0.1) is 0 Å². The molecule has 1 aromatic heterocycles. The Morgan fingerprint density at radius 2 is 1.95 bits per heavy atom. The van der Waals surface area contributed by atoms with Crippen molar-refractivity contribution in [3.63, 3.8) is 0 Å². The van der Waals surface area contributed by atoms with Crippen molar-refractivity contribution in [3.8, 4) is 5.75 Å². The van der Waals surface area contributed by atoms with Crippen molar-refractivity contribution in [2.24, 2.45) is 7.05 Å². The molecule has 0 radical (unpaired) electrons. The second-order valence-corrected chi connectivity index (χ2v) is 4.91. The third kappa shape index (κ3) is 2.60. The molecule has 3 rings (SSSR count). The van der Waals surface area contributed by atoms with E-state index in [-0.39, 0.29) is 0 Å². The van der Waals surface area contributed by atoms with Crippen LogP contribution in [0.3, 0.4) is 0 Å². The third-order valence-electron chi connectivity index (χ3n) is 3.44. The summed E-state index contributed by atoms with van der Waals surface area (Å²) in [4.78, 5) is 11.2. The highest BCUT2D eigenvalue weighted by Gasteiger charge is 2.13. The molecular weight excluding hydrogens is 266 g/mol. The Bertz CT molecular complexity index is 790. The Hall–Kier alpha value is -2.75. The lowest BCUT2D eigenvalue weighted by Gasteiger charge is -2.07. The highest BCUT2D eigenvalue weighted by Crippen LogP contribution is 2.25. The lowest BCUT2D eigenvalue weighted by molar-refractivity contribution is 0.0699. The van der Waals surface area contributed by atoms with Crippen molar-refractivity contribution in [1.82, 2.24) is 4.57 Å². The lowest BCUT2D eigenvalue weighted by Crippen LogP contribution is -1.95. The van der Waals surface area contributed by atoms with Gasteiger partial charge in [-0.05, 0) is 17.7 Å². The van der Waals surface area contributed by atoms with Crippen LogP contribution in [0.25, 0.3) is 10.9 Å². The van der Waals surface area contributed by atoms with E-state index in [1.165, 1.54) is 0 Å².